The summed E-state index contributed by atoms with van der Waals surface area (Å²) in [7, 11) is 1.48. The summed E-state index contributed by atoms with van der Waals surface area (Å²) >= 11 is 2.99. The number of hydrogen-bond donors (Lipinski definition) is 0. The fourth-order valence-corrected chi connectivity index (χ4v) is 1.45. The number of hydrogen-bond acceptors (Lipinski definition) is 2. The van der Waals surface area contributed by atoms with Crippen LogP contribution in [-0.2, 0) is 4.74 Å². The van der Waals surface area contributed by atoms with Gasteiger partial charge in [-0.3, -0.25) is 0 Å². The Bertz CT molecular complexity index is 388. The molecule has 0 radical (unpaired) electrons. The molecule has 0 aliphatic heterocycles. The van der Waals surface area contributed by atoms with E-state index in [1.807, 2.05) is 0 Å². The minimum Gasteiger partial charge on any atom is -0.504 e. The summed E-state index contributed by atoms with van der Waals surface area (Å²) in [5.41, 5.74) is 0.697. The van der Waals surface area contributed by atoms with Gasteiger partial charge in [0, 0.05) is 0 Å². The molecule has 0 saturated heterocycles. The van der Waals surface area contributed by atoms with Crippen LogP contribution in [0.2, 0.25) is 0 Å². The van der Waals surface area contributed by atoms with E-state index in [9.17, 15) is 13.2 Å². The maximum Gasteiger partial charge on any atom is 0.573 e. The molecule has 16 heavy (non-hydrogen) atoms. The van der Waals surface area contributed by atoms with Crippen molar-refractivity contribution in [3.8, 4) is 5.75 Å². The van der Waals surface area contributed by atoms with E-state index >= 15 is 0 Å². The molecular weight excluding hydrogens is 289 g/mol. The Morgan fingerprint density at radius 2 is 2.00 bits per heavy atom. The molecule has 0 unspecified atom stereocenters. The highest BCUT2D eigenvalue weighted by Gasteiger charge is 2.31. The van der Waals surface area contributed by atoms with Gasteiger partial charge in [-0.05, 0) is 39.7 Å². The topological polar surface area (TPSA) is 18.5 Å². The second kappa shape index (κ2) is 5.25. The third kappa shape index (κ3) is 4.14. The fourth-order valence-electron chi connectivity index (χ4n) is 0.975. The predicted octanol–water partition coefficient (Wildman–Crippen LogP) is 3.96. The summed E-state index contributed by atoms with van der Waals surface area (Å²) in [5.74, 6) is -0.276. The zero-order valence-electron chi connectivity index (χ0n) is 8.22. The minimum atomic E-state index is -4.69. The highest BCUT2D eigenvalue weighted by molar-refractivity contribution is 9.10. The molecular formula is C10H8BrF3O2. The predicted molar refractivity (Wildman–Crippen MR) is 56.9 cm³/mol. The van der Waals surface area contributed by atoms with E-state index in [2.05, 4.69) is 25.4 Å². The van der Waals surface area contributed by atoms with E-state index in [4.69, 9.17) is 0 Å². The standard InChI is InChI=1S/C10H8BrF3O2/c1-15-5-4-7-2-3-9(8(11)6-7)16-10(12,13)14/h2-6H,1H3/b5-4+. The first kappa shape index (κ1) is 12.9. The normalized spacial score (nSPS) is 11.8. The number of rotatable bonds is 3. The maximum atomic E-state index is 11.9. The molecule has 6 heteroatoms. The van der Waals surface area contributed by atoms with Gasteiger partial charge in [0.15, 0.2) is 0 Å². The van der Waals surface area contributed by atoms with Crippen molar-refractivity contribution in [2.75, 3.05) is 7.11 Å². The largest absolute Gasteiger partial charge is 0.573 e. The molecule has 1 aromatic carbocycles. The lowest BCUT2D eigenvalue weighted by Crippen LogP contribution is -2.17. The van der Waals surface area contributed by atoms with Gasteiger partial charge in [0.05, 0.1) is 17.8 Å². The monoisotopic (exact) mass is 296 g/mol. The summed E-state index contributed by atoms with van der Waals surface area (Å²) in [6, 6.07) is 4.21. The fraction of sp³-hybridized carbons (Fsp3) is 0.200. The average molecular weight is 297 g/mol. The number of ether oxygens (including phenoxy) is 2. The Hall–Kier alpha value is -1.17. The van der Waals surface area contributed by atoms with Crippen molar-refractivity contribution in [2.45, 2.75) is 6.36 Å². The van der Waals surface area contributed by atoms with Crippen LogP contribution >= 0.6 is 15.9 Å². The van der Waals surface area contributed by atoms with E-state index < -0.39 is 6.36 Å². The quantitative estimate of drug-likeness (QED) is 0.786. The second-order valence-corrected chi connectivity index (χ2v) is 3.63. The van der Waals surface area contributed by atoms with Gasteiger partial charge < -0.3 is 9.47 Å². The Balaban J connectivity index is 2.87. The number of halogens is 4. The summed E-state index contributed by atoms with van der Waals surface area (Å²) in [5, 5.41) is 0. The van der Waals surface area contributed by atoms with E-state index in [1.54, 1.807) is 6.08 Å². The molecule has 1 rings (SSSR count). The molecule has 0 spiro atoms. The molecule has 0 aliphatic rings. The van der Waals surface area contributed by atoms with Crippen LogP contribution in [0.3, 0.4) is 0 Å². The Labute approximate surface area is 98.8 Å². The molecule has 0 fully saturated rings. The first-order valence-corrected chi connectivity index (χ1v) is 4.96. The first-order chi connectivity index (χ1) is 7.42. The van der Waals surface area contributed by atoms with Gasteiger partial charge in [0.2, 0.25) is 0 Å². The zero-order chi connectivity index (χ0) is 12.2. The molecule has 2 nitrogen and oxygen atoms in total. The van der Waals surface area contributed by atoms with E-state index in [1.165, 1.54) is 31.6 Å². The average Bonchev–Trinajstić information content (AvgIpc) is 2.17. The van der Waals surface area contributed by atoms with Crippen molar-refractivity contribution in [1.82, 2.24) is 0 Å². The highest BCUT2D eigenvalue weighted by Crippen LogP contribution is 2.31. The molecule has 0 aromatic heterocycles. The lowest BCUT2D eigenvalue weighted by atomic mass is 10.2. The van der Waals surface area contributed by atoms with Crippen LogP contribution in [-0.4, -0.2) is 13.5 Å². The van der Waals surface area contributed by atoms with Gasteiger partial charge in [-0.2, -0.15) is 0 Å². The molecule has 0 N–H and O–H groups in total. The van der Waals surface area contributed by atoms with Crippen molar-refractivity contribution >= 4 is 22.0 Å². The van der Waals surface area contributed by atoms with Crippen LogP contribution in [0.1, 0.15) is 5.56 Å². The van der Waals surface area contributed by atoms with Gasteiger partial charge in [0.1, 0.15) is 5.75 Å². The number of benzene rings is 1. The highest BCUT2D eigenvalue weighted by atomic mass is 79.9. The van der Waals surface area contributed by atoms with Crippen LogP contribution in [0.5, 0.6) is 5.75 Å². The van der Waals surface area contributed by atoms with Gasteiger partial charge in [0.25, 0.3) is 0 Å². The third-order valence-electron chi connectivity index (χ3n) is 1.58. The van der Waals surface area contributed by atoms with Crippen molar-refractivity contribution in [3.63, 3.8) is 0 Å². The van der Waals surface area contributed by atoms with Crippen LogP contribution in [0, 0.1) is 0 Å². The number of methoxy groups -OCH3 is 1. The molecule has 1 aromatic rings. The smallest absolute Gasteiger partial charge is 0.504 e. The van der Waals surface area contributed by atoms with Gasteiger partial charge in [-0.15, -0.1) is 13.2 Å². The lowest BCUT2D eigenvalue weighted by molar-refractivity contribution is -0.274. The molecule has 0 heterocycles. The molecule has 0 atom stereocenters. The summed E-state index contributed by atoms with van der Waals surface area (Å²) in [4.78, 5) is 0. The SMILES string of the molecule is CO/C=C/c1ccc(OC(F)(F)F)c(Br)c1. The van der Waals surface area contributed by atoms with Gasteiger partial charge >= 0.3 is 6.36 Å². The minimum absolute atomic E-state index is 0.225. The lowest BCUT2D eigenvalue weighted by Gasteiger charge is -2.10. The van der Waals surface area contributed by atoms with Crippen molar-refractivity contribution in [2.24, 2.45) is 0 Å². The Morgan fingerprint density at radius 1 is 1.31 bits per heavy atom. The van der Waals surface area contributed by atoms with Crippen LogP contribution < -0.4 is 4.74 Å². The van der Waals surface area contributed by atoms with Gasteiger partial charge in [-0.1, -0.05) is 6.07 Å². The molecule has 0 saturated carbocycles. The van der Waals surface area contributed by atoms with Crippen molar-refractivity contribution < 1.29 is 22.6 Å². The summed E-state index contributed by atoms with van der Waals surface area (Å²) in [6.07, 6.45) is -1.65. The van der Waals surface area contributed by atoms with Crippen LogP contribution in [0.25, 0.3) is 6.08 Å². The van der Waals surface area contributed by atoms with Crippen LogP contribution in [0.4, 0.5) is 13.2 Å². The summed E-state index contributed by atoms with van der Waals surface area (Å²) < 4.78 is 44.5. The molecule has 88 valence electrons. The third-order valence-corrected chi connectivity index (χ3v) is 2.20. The Morgan fingerprint density at radius 3 is 2.50 bits per heavy atom. The van der Waals surface area contributed by atoms with E-state index in [-0.39, 0.29) is 10.2 Å². The van der Waals surface area contributed by atoms with Crippen LogP contribution in [0.15, 0.2) is 28.9 Å². The molecule has 0 amide bonds. The van der Waals surface area contributed by atoms with Crippen molar-refractivity contribution in [1.29, 1.82) is 0 Å². The van der Waals surface area contributed by atoms with Crippen molar-refractivity contribution in [3.05, 3.63) is 34.5 Å². The summed E-state index contributed by atoms with van der Waals surface area (Å²) in [6.45, 7) is 0. The second-order valence-electron chi connectivity index (χ2n) is 2.78. The van der Waals surface area contributed by atoms with E-state index in [0.717, 1.165) is 0 Å². The van der Waals surface area contributed by atoms with Gasteiger partial charge in [-0.25, -0.2) is 0 Å². The maximum absolute atomic E-state index is 11.9. The zero-order valence-corrected chi connectivity index (χ0v) is 9.80. The first-order valence-electron chi connectivity index (χ1n) is 4.17. The van der Waals surface area contributed by atoms with E-state index in [0.29, 0.717) is 5.56 Å². The Kier molecular flexibility index (Phi) is 4.23. The molecule has 0 bridgehead atoms. The molecule has 0 aliphatic carbocycles. The number of alkyl halides is 3.